The Morgan fingerprint density at radius 1 is 1.26 bits per heavy atom. The lowest BCUT2D eigenvalue weighted by atomic mass is 9.78. The third-order valence-electron chi connectivity index (χ3n) is 5.95. The molecule has 2 aliphatic carbocycles. The van der Waals surface area contributed by atoms with Crippen molar-refractivity contribution in [1.82, 2.24) is 14.9 Å². The highest BCUT2D eigenvalue weighted by Crippen LogP contribution is 2.36. The molecule has 3 rings (SSSR count). The average molecular weight is 317 g/mol. The van der Waals surface area contributed by atoms with Gasteiger partial charge in [0.25, 0.3) is 0 Å². The first kappa shape index (κ1) is 16.7. The molecule has 0 spiro atoms. The predicted molar refractivity (Wildman–Crippen MR) is 94.6 cm³/mol. The van der Waals surface area contributed by atoms with E-state index in [1.54, 1.807) is 6.33 Å². The highest BCUT2D eigenvalue weighted by molar-refractivity contribution is 5.37. The van der Waals surface area contributed by atoms with Crippen LogP contribution in [-0.2, 0) is 0 Å². The molecule has 128 valence electrons. The van der Waals surface area contributed by atoms with E-state index < -0.39 is 0 Å². The summed E-state index contributed by atoms with van der Waals surface area (Å²) in [5.74, 6) is 1.49. The van der Waals surface area contributed by atoms with Gasteiger partial charge in [0.05, 0.1) is 0 Å². The van der Waals surface area contributed by atoms with Gasteiger partial charge in [0.2, 0.25) is 0 Å². The van der Waals surface area contributed by atoms with Crippen LogP contribution in [0.1, 0.15) is 63.5 Å². The van der Waals surface area contributed by atoms with Crippen LogP contribution < -0.4 is 11.1 Å². The van der Waals surface area contributed by atoms with E-state index in [4.69, 9.17) is 5.73 Å². The summed E-state index contributed by atoms with van der Waals surface area (Å²) in [5.41, 5.74) is 7.32. The molecule has 5 heteroatoms. The van der Waals surface area contributed by atoms with Crippen LogP contribution in [0.3, 0.4) is 0 Å². The zero-order chi connectivity index (χ0) is 16.3. The largest absolute Gasteiger partial charge is 0.368 e. The number of rotatable bonds is 6. The SMILES string of the molecule is CCN(C)C1(CNc2cc(C3CC(N)C3)ncn2)CCCCC1. The Bertz CT molecular complexity index is 506. The second-order valence-electron chi connectivity index (χ2n) is 7.41. The number of aromatic nitrogens is 2. The highest BCUT2D eigenvalue weighted by Gasteiger charge is 2.35. The molecule has 2 aliphatic rings. The zero-order valence-electron chi connectivity index (χ0n) is 14.6. The van der Waals surface area contributed by atoms with Gasteiger partial charge in [-0.25, -0.2) is 9.97 Å². The van der Waals surface area contributed by atoms with Gasteiger partial charge in [0.1, 0.15) is 12.1 Å². The van der Waals surface area contributed by atoms with Crippen molar-refractivity contribution in [2.45, 2.75) is 69.4 Å². The van der Waals surface area contributed by atoms with Crippen LogP contribution in [0.2, 0.25) is 0 Å². The number of hydrogen-bond acceptors (Lipinski definition) is 5. The fraction of sp³-hybridized carbons (Fsp3) is 0.778. The van der Waals surface area contributed by atoms with Crippen LogP contribution in [-0.4, -0.2) is 46.6 Å². The van der Waals surface area contributed by atoms with Gasteiger partial charge in [0, 0.05) is 35.8 Å². The Balaban J connectivity index is 1.65. The molecule has 2 saturated carbocycles. The van der Waals surface area contributed by atoms with E-state index in [2.05, 4.69) is 40.2 Å². The summed E-state index contributed by atoms with van der Waals surface area (Å²) in [6.07, 6.45) is 10.4. The summed E-state index contributed by atoms with van der Waals surface area (Å²) in [7, 11) is 2.26. The second kappa shape index (κ2) is 7.14. The van der Waals surface area contributed by atoms with Crippen LogP contribution >= 0.6 is 0 Å². The minimum Gasteiger partial charge on any atom is -0.368 e. The first-order valence-electron chi connectivity index (χ1n) is 9.15. The minimum atomic E-state index is 0.275. The molecule has 0 saturated heterocycles. The quantitative estimate of drug-likeness (QED) is 0.844. The van der Waals surface area contributed by atoms with Crippen molar-refractivity contribution in [3.05, 3.63) is 18.1 Å². The molecule has 0 atom stereocenters. The monoisotopic (exact) mass is 317 g/mol. The predicted octanol–water partition coefficient (Wildman–Crippen LogP) is 2.75. The number of likely N-dealkylation sites (N-methyl/N-ethyl adjacent to an activating group) is 1. The summed E-state index contributed by atoms with van der Waals surface area (Å²) >= 11 is 0. The summed E-state index contributed by atoms with van der Waals surface area (Å²) in [6.45, 7) is 4.31. The van der Waals surface area contributed by atoms with Gasteiger partial charge in [-0.05, 0) is 39.3 Å². The average Bonchev–Trinajstić information content (AvgIpc) is 2.57. The maximum absolute atomic E-state index is 5.90. The Kier molecular flexibility index (Phi) is 5.17. The normalized spacial score (nSPS) is 26.8. The van der Waals surface area contributed by atoms with Crippen molar-refractivity contribution in [1.29, 1.82) is 0 Å². The van der Waals surface area contributed by atoms with E-state index in [0.29, 0.717) is 12.0 Å². The molecule has 2 fully saturated rings. The van der Waals surface area contributed by atoms with Crippen LogP contribution in [0.5, 0.6) is 0 Å². The van der Waals surface area contributed by atoms with Crippen LogP contribution in [0.25, 0.3) is 0 Å². The minimum absolute atomic E-state index is 0.275. The molecule has 0 unspecified atom stereocenters. The third-order valence-corrected chi connectivity index (χ3v) is 5.95. The number of nitrogens with one attached hydrogen (secondary N) is 1. The van der Waals surface area contributed by atoms with Gasteiger partial charge in [-0.15, -0.1) is 0 Å². The summed E-state index contributed by atoms with van der Waals surface area (Å²) in [6, 6.07) is 2.48. The Morgan fingerprint density at radius 3 is 2.65 bits per heavy atom. The lowest BCUT2D eigenvalue weighted by molar-refractivity contribution is 0.0922. The fourth-order valence-corrected chi connectivity index (χ4v) is 4.09. The lowest BCUT2D eigenvalue weighted by Crippen LogP contribution is -2.52. The van der Waals surface area contributed by atoms with Crippen molar-refractivity contribution in [2.24, 2.45) is 5.73 Å². The number of nitrogens with zero attached hydrogens (tertiary/aromatic N) is 3. The van der Waals surface area contributed by atoms with E-state index in [-0.39, 0.29) is 5.54 Å². The van der Waals surface area contributed by atoms with E-state index in [1.165, 1.54) is 32.1 Å². The van der Waals surface area contributed by atoms with Gasteiger partial charge in [-0.1, -0.05) is 26.2 Å². The maximum Gasteiger partial charge on any atom is 0.129 e. The topological polar surface area (TPSA) is 67.1 Å². The molecule has 1 aromatic heterocycles. The van der Waals surface area contributed by atoms with Gasteiger partial charge in [-0.2, -0.15) is 0 Å². The van der Waals surface area contributed by atoms with Crippen molar-refractivity contribution in [3.8, 4) is 0 Å². The van der Waals surface area contributed by atoms with E-state index in [1.807, 2.05) is 0 Å². The highest BCUT2D eigenvalue weighted by atomic mass is 15.2. The summed E-state index contributed by atoms with van der Waals surface area (Å²) in [4.78, 5) is 11.4. The maximum atomic E-state index is 5.90. The molecular formula is C18H31N5. The lowest BCUT2D eigenvalue weighted by Gasteiger charge is -2.44. The molecule has 0 bridgehead atoms. The molecule has 0 amide bonds. The molecule has 3 N–H and O–H groups in total. The number of hydrogen-bond donors (Lipinski definition) is 2. The Hall–Kier alpha value is -1.20. The van der Waals surface area contributed by atoms with Crippen molar-refractivity contribution in [2.75, 3.05) is 25.5 Å². The van der Waals surface area contributed by atoms with Crippen LogP contribution in [0.4, 0.5) is 5.82 Å². The molecular weight excluding hydrogens is 286 g/mol. The molecule has 0 radical (unpaired) electrons. The van der Waals surface area contributed by atoms with Gasteiger partial charge < -0.3 is 11.1 Å². The van der Waals surface area contributed by atoms with Crippen molar-refractivity contribution >= 4 is 5.82 Å². The molecule has 0 aromatic carbocycles. The second-order valence-corrected chi connectivity index (χ2v) is 7.41. The Labute approximate surface area is 140 Å². The van der Waals surface area contributed by atoms with Gasteiger partial charge >= 0.3 is 0 Å². The summed E-state index contributed by atoms with van der Waals surface area (Å²) < 4.78 is 0. The number of anilines is 1. The van der Waals surface area contributed by atoms with Crippen molar-refractivity contribution < 1.29 is 0 Å². The Morgan fingerprint density at radius 2 is 2.00 bits per heavy atom. The number of nitrogens with two attached hydrogens (primary N) is 1. The summed E-state index contributed by atoms with van der Waals surface area (Å²) in [5, 5.41) is 3.60. The molecule has 5 nitrogen and oxygen atoms in total. The molecule has 1 aromatic rings. The zero-order valence-corrected chi connectivity index (χ0v) is 14.6. The van der Waals surface area contributed by atoms with Crippen molar-refractivity contribution in [3.63, 3.8) is 0 Å². The first-order chi connectivity index (χ1) is 11.1. The molecule has 23 heavy (non-hydrogen) atoms. The van der Waals surface area contributed by atoms with E-state index in [9.17, 15) is 0 Å². The first-order valence-corrected chi connectivity index (χ1v) is 9.15. The van der Waals surface area contributed by atoms with Crippen LogP contribution in [0, 0.1) is 0 Å². The fourth-order valence-electron chi connectivity index (χ4n) is 4.09. The molecule has 0 aliphatic heterocycles. The smallest absolute Gasteiger partial charge is 0.129 e. The van der Waals surface area contributed by atoms with E-state index >= 15 is 0 Å². The molecule has 1 heterocycles. The standard InChI is InChI=1S/C18H31N5/c1-3-23(2)18(7-5-4-6-8-18)12-20-17-11-16(21-13-22-17)14-9-15(19)10-14/h11,13-15H,3-10,12,19H2,1-2H3,(H,20,21,22). The van der Waals surface area contributed by atoms with Crippen LogP contribution in [0.15, 0.2) is 12.4 Å². The van der Waals surface area contributed by atoms with E-state index in [0.717, 1.165) is 37.4 Å². The third kappa shape index (κ3) is 3.66. The van der Waals surface area contributed by atoms with Gasteiger partial charge in [0.15, 0.2) is 0 Å². The van der Waals surface area contributed by atoms with Gasteiger partial charge in [-0.3, -0.25) is 4.90 Å².